The molecule has 0 amide bonds. The number of hydrogen-bond acceptors (Lipinski definition) is 4. The van der Waals surface area contributed by atoms with E-state index in [9.17, 15) is 0 Å². The van der Waals surface area contributed by atoms with Gasteiger partial charge in [0.15, 0.2) is 0 Å². The molecule has 0 rings (SSSR count). The van der Waals surface area contributed by atoms with Crippen LogP contribution in [-0.4, -0.2) is 49.9 Å². The molecule has 0 aliphatic rings. The predicted molar refractivity (Wildman–Crippen MR) is 45.0 cm³/mol. The highest BCUT2D eigenvalue weighted by molar-refractivity contribution is 4.69. The first kappa shape index (κ1) is 11.8. The van der Waals surface area contributed by atoms with Gasteiger partial charge in [-0.3, -0.25) is 0 Å². The highest BCUT2D eigenvalue weighted by atomic mass is 16.5. The minimum Gasteiger partial charge on any atom is -0.396 e. The molecule has 0 saturated carbocycles. The Morgan fingerprint density at radius 1 is 0.917 bits per heavy atom. The van der Waals surface area contributed by atoms with Crippen LogP contribution >= 0.6 is 0 Å². The van der Waals surface area contributed by atoms with Crippen LogP contribution in [-0.2, 0) is 9.47 Å². The molecular formula is C8H18O4. The maximum absolute atomic E-state index is 8.68. The van der Waals surface area contributed by atoms with Crippen LogP contribution in [0.2, 0.25) is 0 Å². The molecule has 12 heavy (non-hydrogen) atoms. The first-order valence-electron chi connectivity index (χ1n) is 4.07. The van der Waals surface area contributed by atoms with Crippen molar-refractivity contribution in [3.8, 4) is 0 Å². The van der Waals surface area contributed by atoms with E-state index >= 15 is 0 Å². The topological polar surface area (TPSA) is 58.9 Å². The molecule has 0 radical (unpaired) electrons. The molecule has 74 valence electrons. The Morgan fingerprint density at radius 2 is 1.25 bits per heavy atom. The van der Waals surface area contributed by atoms with Crippen LogP contribution in [0, 0.1) is 0 Å². The molecule has 0 aromatic heterocycles. The third-order valence-electron chi connectivity index (χ3n) is 1.85. The summed E-state index contributed by atoms with van der Waals surface area (Å²) in [5.41, 5.74) is 0. The standard InChI is InChI=1S/C8H18O4/c1-11-7(3-5-9)8(12-2)4-6-10/h7-10H,3-6H2,1-2H3/t7-,8-/m0/s1. The van der Waals surface area contributed by atoms with Gasteiger partial charge in [0.25, 0.3) is 0 Å². The Labute approximate surface area is 73.1 Å². The average Bonchev–Trinajstić information content (AvgIpc) is 2.11. The van der Waals surface area contributed by atoms with Gasteiger partial charge in [-0.1, -0.05) is 0 Å². The maximum atomic E-state index is 8.68. The average molecular weight is 178 g/mol. The first-order chi connectivity index (χ1) is 5.79. The van der Waals surface area contributed by atoms with Gasteiger partial charge in [-0.25, -0.2) is 0 Å². The molecule has 4 heteroatoms. The third kappa shape index (κ3) is 4.01. The van der Waals surface area contributed by atoms with Crippen molar-refractivity contribution in [3.05, 3.63) is 0 Å². The van der Waals surface area contributed by atoms with Gasteiger partial charge in [0.05, 0.1) is 12.2 Å². The molecular weight excluding hydrogens is 160 g/mol. The smallest absolute Gasteiger partial charge is 0.0855 e. The van der Waals surface area contributed by atoms with E-state index in [1.54, 1.807) is 14.2 Å². The summed E-state index contributed by atoms with van der Waals surface area (Å²) in [5, 5.41) is 17.4. The first-order valence-corrected chi connectivity index (χ1v) is 4.07. The van der Waals surface area contributed by atoms with Crippen LogP contribution in [0.5, 0.6) is 0 Å². The number of aliphatic hydroxyl groups is 2. The summed E-state index contributed by atoms with van der Waals surface area (Å²) in [6.45, 7) is 0.146. The number of rotatable bonds is 7. The largest absolute Gasteiger partial charge is 0.396 e. The molecule has 2 N–H and O–H groups in total. The fraction of sp³-hybridized carbons (Fsp3) is 1.00. The van der Waals surface area contributed by atoms with Crippen molar-refractivity contribution < 1.29 is 19.7 Å². The van der Waals surface area contributed by atoms with Crippen molar-refractivity contribution in [2.24, 2.45) is 0 Å². The summed E-state index contributed by atoms with van der Waals surface area (Å²) in [4.78, 5) is 0. The van der Waals surface area contributed by atoms with Crippen LogP contribution < -0.4 is 0 Å². The lowest BCUT2D eigenvalue weighted by molar-refractivity contribution is -0.0541. The Bertz CT molecular complexity index is 85.1. The van der Waals surface area contributed by atoms with Crippen molar-refractivity contribution in [1.29, 1.82) is 0 Å². The van der Waals surface area contributed by atoms with E-state index in [0.717, 1.165) is 0 Å². The maximum Gasteiger partial charge on any atom is 0.0855 e. The normalized spacial score (nSPS) is 16.0. The molecule has 0 saturated heterocycles. The van der Waals surface area contributed by atoms with E-state index in [-0.39, 0.29) is 25.4 Å². The minimum absolute atomic E-state index is 0.0732. The third-order valence-corrected chi connectivity index (χ3v) is 1.85. The van der Waals surface area contributed by atoms with Gasteiger partial charge in [-0.2, -0.15) is 0 Å². The Morgan fingerprint density at radius 3 is 1.42 bits per heavy atom. The summed E-state index contributed by atoms with van der Waals surface area (Å²) in [6, 6.07) is 0. The molecule has 0 spiro atoms. The van der Waals surface area contributed by atoms with Crippen LogP contribution in [0.3, 0.4) is 0 Å². The van der Waals surface area contributed by atoms with Gasteiger partial charge < -0.3 is 19.7 Å². The number of hydrogen-bond donors (Lipinski definition) is 2. The SMILES string of the molecule is CO[C@@H](CCO)[C@H](CCO)OC. The van der Waals surface area contributed by atoms with Crippen LogP contribution in [0.15, 0.2) is 0 Å². The zero-order chi connectivity index (χ0) is 9.40. The molecule has 0 aromatic carbocycles. The summed E-state index contributed by atoms with van der Waals surface area (Å²) >= 11 is 0. The monoisotopic (exact) mass is 178 g/mol. The fourth-order valence-electron chi connectivity index (χ4n) is 1.17. The van der Waals surface area contributed by atoms with Crippen molar-refractivity contribution in [2.75, 3.05) is 27.4 Å². The number of aliphatic hydroxyl groups excluding tert-OH is 2. The van der Waals surface area contributed by atoms with Gasteiger partial charge in [-0.15, -0.1) is 0 Å². The van der Waals surface area contributed by atoms with Gasteiger partial charge in [0, 0.05) is 27.4 Å². The predicted octanol–water partition coefficient (Wildman–Crippen LogP) is -0.219. The van der Waals surface area contributed by atoms with Crippen molar-refractivity contribution >= 4 is 0 Å². The van der Waals surface area contributed by atoms with E-state index in [1.165, 1.54) is 0 Å². The molecule has 0 unspecified atom stereocenters. The van der Waals surface area contributed by atoms with Crippen molar-refractivity contribution in [1.82, 2.24) is 0 Å². The minimum atomic E-state index is -0.132. The summed E-state index contributed by atoms with van der Waals surface area (Å²) in [6.07, 6.45) is 0.809. The molecule has 0 bridgehead atoms. The Hall–Kier alpha value is -0.160. The second-order valence-electron chi connectivity index (χ2n) is 2.57. The van der Waals surface area contributed by atoms with Crippen LogP contribution in [0.4, 0.5) is 0 Å². The van der Waals surface area contributed by atoms with E-state index in [2.05, 4.69) is 0 Å². The summed E-state index contributed by atoms with van der Waals surface area (Å²) in [7, 11) is 3.15. The lowest BCUT2D eigenvalue weighted by atomic mass is 10.1. The van der Waals surface area contributed by atoms with E-state index in [0.29, 0.717) is 12.8 Å². The second kappa shape index (κ2) is 7.49. The molecule has 0 fully saturated rings. The molecule has 0 aliphatic carbocycles. The quantitative estimate of drug-likeness (QED) is 0.566. The Kier molecular flexibility index (Phi) is 7.39. The van der Waals surface area contributed by atoms with Crippen LogP contribution in [0.1, 0.15) is 12.8 Å². The van der Waals surface area contributed by atoms with E-state index in [4.69, 9.17) is 19.7 Å². The van der Waals surface area contributed by atoms with Gasteiger partial charge >= 0.3 is 0 Å². The molecule has 2 atom stereocenters. The highest BCUT2D eigenvalue weighted by Crippen LogP contribution is 2.09. The second-order valence-corrected chi connectivity index (χ2v) is 2.57. The molecule has 0 heterocycles. The molecule has 0 aromatic rings. The van der Waals surface area contributed by atoms with Gasteiger partial charge in [0.1, 0.15) is 0 Å². The van der Waals surface area contributed by atoms with E-state index < -0.39 is 0 Å². The summed E-state index contributed by atoms with van der Waals surface area (Å²) < 4.78 is 10.2. The lowest BCUT2D eigenvalue weighted by Gasteiger charge is -2.23. The number of ether oxygens (including phenoxy) is 2. The zero-order valence-corrected chi connectivity index (χ0v) is 7.69. The van der Waals surface area contributed by atoms with Crippen molar-refractivity contribution in [3.63, 3.8) is 0 Å². The molecule has 0 aliphatic heterocycles. The Balaban J connectivity index is 3.84. The summed E-state index contributed by atoms with van der Waals surface area (Å²) in [5.74, 6) is 0. The van der Waals surface area contributed by atoms with Crippen molar-refractivity contribution in [2.45, 2.75) is 25.0 Å². The molecule has 4 nitrogen and oxygen atoms in total. The fourth-order valence-corrected chi connectivity index (χ4v) is 1.17. The zero-order valence-electron chi connectivity index (χ0n) is 7.69. The number of methoxy groups -OCH3 is 2. The van der Waals surface area contributed by atoms with Gasteiger partial charge in [-0.05, 0) is 12.8 Å². The van der Waals surface area contributed by atoms with Gasteiger partial charge in [0.2, 0.25) is 0 Å². The van der Waals surface area contributed by atoms with E-state index in [1.807, 2.05) is 0 Å². The highest BCUT2D eigenvalue weighted by Gasteiger charge is 2.19. The van der Waals surface area contributed by atoms with Crippen LogP contribution in [0.25, 0.3) is 0 Å². The lowest BCUT2D eigenvalue weighted by Crippen LogP contribution is -2.31.